The standard InChI is InChI=1S/C12H26O2/c1-4-11(8-9-13)6-7-12(5-2)10(3)14/h10-14H,4-9H2,1-3H3. The summed E-state index contributed by atoms with van der Waals surface area (Å²) < 4.78 is 0. The summed E-state index contributed by atoms with van der Waals surface area (Å²) in [7, 11) is 0. The van der Waals surface area contributed by atoms with Crippen molar-refractivity contribution in [2.24, 2.45) is 11.8 Å². The summed E-state index contributed by atoms with van der Waals surface area (Å²) in [5.41, 5.74) is 0. The lowest BCUT2D eigenvalue weighted by Crippen LogP contribution is -2.17. The van der Waals surface area contributed by atoms with Gasteiger partial charge in [0, 0.05) is 6.61 Å². The van der Waals surface area contributed by atoms with Crippen molar-refractivity contribution in [3.8, 4) is 0 Å². The highest BCUT2D eigenvalue weighted by atomic mass is 16.3. The van der Waals surface area contributed by atoms with E-state index < -0.39 is 0 Å². The van der Waals surface area contributed by atoms with Crippen LogP contribution in [-0.2, 0) is 0 Å². The number of aliphatic hydroxyl groups is 2. The highest BCUT2D eigenvalue weighted by Gasteiger charge is 2.14. The Morgan fingerprint density at radius 1 is 1.00 bits per heavy atom. The predicted molar refractivity (Wildman–Crippen MR) is 60.2 cm³/mol. The molecule has 0 rings (SSSR count). The van der Waals surface area contributed by atoms with Gasteiger partial charge in [-0.05, 0) is 31.6 Å². The zero-order valence-electron chi connectivity index (χ0n) is 9.87. The van der Waals surface area contributed by atoms with Crippen LogP contribution in [0.2, 0.25) is 0 Å². The largest absolute Gasteiger partial charge is 0.396 e. The average molecular weight is 202 g/mol. The van der Waals surface area contributed by atoms with Gasteiger partial charge in [0.15, 0.2) is 0 Å². The second-order valence-corrected chi connectivity index (χ2v) is 4.27. The van der Waals surface area contributed by atoms with Crippen molar-refractivity contribution >= 4 is 0 Å². The summed E-state index contributed by atoms with van der Waals surface area (Å²) in [5.74, 6) is 1.07. The molecule has 0 aromatic heterocycles. The van der Waals surface area contributed by atoms with E-state index in [0.717, 1.165) is 32.1 Å². The molecule has 0 aromatic carbocycles. The molecule has 0 aromatic rings. The Hall–Kier alpha value is -0.0800. The van der Waals surface area contributed by atoms with Crippen molar-refractivity contribution in [3.05, 3.63) is 0 Å². The third-order valence-corrected chi connectivity index (χ3v) is 3.27. The first-order valence-corrected chi connectivity index (χ1v) is 5.94. The summed E-state index contributed by atoms with van der Waals surface area (Å²) in [6, 6.07) is 0. The van der Waals surface area contributed by atoms with Crippen LogP contribution in [0, 0.1) is 11.8 Å². The number of rotatable bonds is 8. The number of hydrogen-bond donors (Lipinski definition) is 2. The zero-order valence-corrected chi connectivity index (χ0v) is 9.87. The van der Waals surface area contributed by atoms with Crippen LogP contribution < -0.4 is 0 Å². The van der Waals surface area contributed by atoms with Gasteiger partial charge in [-0.2, -0.15) is 0 Å². The second-order valence-electron chi connectivity index (χ2n) is 4.27. The molecule has 0 aliphatic carbocycles. The zero-order chi connectivity index (χ0) is 11.0. The molecule has 14 heavy (non-hydrogen) atoms. The van der Waals surface area contributed by atoms with Gasteiger partial charge in [0.2, 0.25) is 0 Å². The van der Waals surface area contributed by atoms with Crippen molar-refractivity contribution in [1.29, 1.82) is 0 Å². The Morgan fingerprint density at radius 3 is 2.00 bits per heavy atom. The minimum Gasteiger partial charge on any atom is -0.396 e. The quantitative estimate of drug-likeness (QED) is 0.635. The Morgan fingerprint density at radius 2 is 1.64 bits per heavy atom. The smallest absolute Gasteiger partial charge is 0.0540 e. The normalized spacial score (nSPS) is 17.8. The number of aliphatic hydroxyl groups excluding tert-OH is 2. The summed E-state index contributed by atoms with van der Waals surface area (Å²) >= 11 is 0. The molecule has 3 atom stereocenters. The van der Waals surface area contributed by atoms with Crippen molar-refractivity contribution in [2.45, 2.75) is 59.0 Å². The molecule has 0 amide bonds. The minimum absolute atomic E-state index is 0.188. The maximum Gasteiger partial charge on any atom is 0.0540 e. The molecule has 2 heteroatoms. The van der Waals surface area contributed by atoms with E-state index in [4.69, 9.17) is 5.11 Å². The van der Waals surface area contributed by atoms with Gasteiger partial charge < -0.3 is 10.2 Å². The van der Waals surface area contributed by atoms with E-state index in [-0.39, 0.29) is 6.10 Å². The minimum atomic E-state index is -0.188. The Labute approximate surface area is 88.3 Å². The fraction of sp³-hybridized carbons (Fsp3) is 1.00. The molecule has 0 fully saturated rings. The van der Waals surface area contributed by atoms with Gasteiger partial charge in [-0.3, -0.25) is 0 Å². The van der Waals surface area contributed by atoms with Crippen LogP contribution in [0.5, 0.6) is 0 Å². The van der Waals surface area contributed by atoms with E-state index >= 15 is 0 Å². The maximum atomic E-state index is 9.48. The van der Waals surface area contributed by atoms with Crippen LogP contribution >= 0.6 is 0 Å². The van der Waals surface area contributed by atoms with Gasteiger partial charge in [-0.1, -0.05) is 33.1 Å². The Kier molecular flexibility index (Phi) is 8.20. The third-order valence-electron chi connectivity index (χ3n) is 3.27. The molecule has 3 unspecified atom stereocenters. The SMILES string of the molecule is CCC(CCO)CCC(CC)C(C)O. The fourth-order valence-electron chi connectivity index (χ4n) is 1.97. The molecular weight excluding hydrogens is 176 g/mol. The van der Waals surface area contributed by atoms with Gasteiger partial charge in [-0.25, -0.2) is 0 Å². The first kappa shape index (κ1) is 13.9. The Bertz CT molecular complexity index is 123. The van der Waals surface area contributed by atoms with Gasteiger partial charge in [0.1, 0.15) is 0 Å². The molecule has 2 N–H and O–H groups in total. The molecular formula is C12H26O2. The molecule has 2 nitrogen and oxygen atoms in total. The van der Waals surface area contributed by atoms with Crippen LogP contribution in [0.25, 0.3) is 0 Å². The highest BCUT2D eigenvalue weighted by molar-refractivity contribution is 4.66. The first-order chi connectivity index (χ1) is 6.65. The summed E-state index contributed by atoms with van der Waals surface area (Å²) in [4.78, 5) is 0. The molecule has 0 radical (unpaired) electrons. The molecule has 86 valence electrons. The Balaban J connectivity index is 3.75. The predicted octanol–water partition coefficient (Wildman–Crippen LogP) is 2.58. The van der Waals surface area contributed by atoms with Crippen LogP contribution in [-0.4, -0.2) is 22.9 Å². The van der Waals surface area contributed by atoms with Gasteiger partial charge in [0.25, 0.3) is 0 Å². The van der Waals surface area contributed by atoms with E-state index in [2.05, 4.69) is 13.8 Å². The average Bonchev–Trinajstić information content (AvgIpc) is 2.16. The maximum absolute atomic E-state index is 9.48. The lowest BCUT2D eigenvalue weighted by atomic mass is 9.88. The lowest BCUT2D eigenvalue weighted by Gasteiger charge is -2.21. The van der Waals surface area contributed by atoms with Crippen LogP contribution in [0.1, 0.15) is 52.9 Å². The third kappa shape index (κ3) is 5.61. The molecule has 0 spiro atoms. The monoisotopic (exact) mass is 202 g/mol. The van der Waals surface area contributed by atoms with Crippen LogP contribution in [0.15, 0.2) is 0 Å². The van der Waals surface area contributed by atoms with Gasteiger partial charge in [-0.15, -0.1) is 0 Å². The van der Waals surface area contributed by atoms with E-state index in [9.17, 15) is 5.11 Å². The van der Waals surface area contributed by atoms with Gasteiger partial charge >= 0.3 is 0 Å². The van der Waals surface area contributed by atoms with E-state index in [0.29, 0.717) is 18.4 Å². The van der Waals surface area contributed by atoms with Crippen molar-refractivity contribution in [2.75, 3.05) is 6.61 Å². The molecule has 0 saturated heterocycles. The first-order valence-electron chi connectivity index (χ1n) is 5.94. The van der Waals surface area contributed by atoms with Gasteiger partial charge in [0.05, 0.1) is 6.10 Å². The van der Waals surface area contributed by atoms with Crippen LogP contribution in [0.3, 0.4) is 0 Å². The lowest BCUT2D eigenvalue weighted by molar-refractivity contribution is 0.111. The highest BCUT2D eigenvalue weighted by Crippen LogP contribution is 2.22. The second kappa shape index (κ2) is 8.25. The van der Waals surface area contributed by atoms with E-state index in [1.54, 1.807) is 0 Å². The van der Waals surface area contributed by atoms with Crippen LogP contribution in [0.4, 0.5) is 0 Å². The fourth-order valence-corrected chi connectivity index (χ4v) is 1.97. The summed E-state index contributed by atoms with van der Waals surface area (Å²) in [6.07, 6.45) is 5.14. The summed E-state index contributed by atoms with van der Waals surface area (Å²) in [5, 5.41) is 18.3. The van der Waals surface area contributed by atoms with E-state index in [1.165, 1.54) is 0 Å². The van der Waals surface area contributed by atoms with E-state index in [1.807, 2.05) is 6.92 Å². The van der Waals surface area contributed by atoms with Crippen molar-refractivity contribution < 1.29 is 10.2 Å². The molecule has 0 aliphatic rings. The number of hydrogen-bond acceptors (Lipinski definition) is 2. The molecule has 0 saturated carbocycles. The topological polar surface area (TPSA) is 40.5 Å². The molecule has 0 heterocycles. The van der Waals surface area contributed by atoms with Crippen molar-refractivity contribution in [1.82, 2.24) is 0 Å². The van der Waals surface area contributed by atoms with Crippen molar-refractivity contribution in [3.63, 3.8) is 0 Å². The molecule has 0 aliphatic heterocycles. The summed E-state index contributed by atoms with van der Waals surface area (Å²) in [6.45, 7) is 6.47. The molecule has 0 bridgehead atoms.